The van der Waals surface area contributed by atoms with E-state index in [4.69, 9.17) is 5.73 Å². The number of amides is 1. The van der Waals surface area contributed by atoms with Crippen molar-refractivity contribution in [1.29, 1.82) is 0 Å². The van der Waals surface area contributed by atoms with Gasteiger partial charge in [-0.05, 0) is 12.8 Å². The van der Waals surface area contributed by atoms with E-state index in [-0.39, 0.29) is 0 Å². The van der Waals surface area contributed by atoms with E-state index in [1.54, 1.807) is 0 Å². The smallest absolute Gasteiger partial charge is 0.223 e. The van der Waals surface area contributed by atoms with Crippen LogP contribution in [0.25, 0.3) is 0 Å². The lowest BCUT2D eigenvalue weighted by molar-refractivity contribution is -0.129. The van der Waals surface area contributed by atoms with Gasteiger partial charge < -0.3 is 15.5 Å². The van der Waals surface area contributed by atoms with E-state index < -0.39 is 0 Å². The van der Waals surface area contributed by atoms with Crippen LogP contribution in [0.2, 0.25) is 0 Å². The Bertz CT molecular complexity index is 518. The Morgan fingerprint density at radius 2 is 2.25 bits per heavy atom. The molecule has 0 saturated carbocycles. The summed E-state index contributed by atoms with van der Waals surface area (Å²) in [6.07, 6.45) is 3.50. The molecule has 20 heavy (non-hydrogen) atoms. The second-order valence-corrected chi connectivity index (χ2v) is 5.54. The molecule has 3 heterocycles. The van der Waals surface area contributed by atoms with Gasteiger partial charge in [0.1, 0.15) is 17.5 Å². The molecule has 0 spiro atoms. The van der Waals surface area contributed by atoms with Crippen molar-refractivity contribution in [2.24, 2.45) is 0 Å². The van der Waals surface area contributed by atoms with E-state index in [9.17, 15) is 4.79 Å². The number of aromatic nitrogens is 2. The Balaban J connectivity index is 1.78. The molecule has 1 unspecified atom stereocenters. The van der Waals surface area contributed by atoms with Gasteiger partial charge in [-0.3, -0.25) is 4.79 Å². The van der Waals surface area contributed by atoms with E-state index >= 15 is 0 Å². The number of hydrogen-bond donors (Lipinski definition) is 1. The standard InChI is InChI=1S/C14H21N5O/c1-2-3-12-16-11(15)8-13(17-12)18-6-7-19-10(9-18)4-5-14(19)20/h8,10H,2-7,9H2,1H3,(H2,15,16,17). The second-order valence-electron chi connectivity index (χ2n) is 5.54. The average Bonchev–Trinajstić information content (AvgIpc) is 2.80. The van der Waals surface area contributed by atoms with Crippen LogP contribution < -0.4 is 10.6 Å². The summed E-state index contributed by atoms with van der Waals surface area (Å²) >= 11 is 0. The largest absolute Gasteiger partial charge is 0.384 e. The van der Waals surface area contributed by atoms with Gasteiger partial charge in [-0.15, -0.1) is 0 Å². The fraction of sp³-hybridized carbons (Fsp3) is 0.643. The molecule has 6 heteroatoms. The van der Waals surface area contributed by atoms with Gasteiger partial charge in [0.15, 0.2) is 0 Å². The number of fused-ring (bicyclic) bond motifs is 1. The van der Waals surface area contributed by atoms with Crippen molar-refractivity contribution in [3.63, 3.8) is 0 Å². The maximum Gasteiger partial charge on any atom is 0.223 e. The third-order valence-electron chi connectivity index (χ3n) is 4.07. The normalized spacial score (nSPS) is 22.2. The molecule has 1 aromatic heterocycles. The first kappa shape index (κ1) is 13.1. The maximum atomic E-state index is 11.7. The number of piperazine rings is 1. The Kier molecular flexibility index (Phi) is 3.46. The topological polar surface area (TPSA) is 75.3 Å². The van der Waals surface area contributed by atoms with Crippen LogP contribution in [0.1, 0.15) is 32.0 Å². The molecule has 3 rings (SSSR count). The number of carbonyl (C=O) groups is 1. The molecule has 2 aliphatic rings. The Morgan fingerprint density at radius 3 is 3.05 bits per heavy atom. The van der Waals surface area contributed by atoms with Crippen molar-refractivity contribution in [3.05, 3.63) is 11.9 Å². The lowest BCUT2D eigenvalue weighted by atomic mass is 10.1. The highest BCUT2D eigenvalue weighted by Gasteiger charge is 2.35. The summed E-state index contributed by atoms with van der Waals surface area (Å²) in [5.41, 5.74) is 5.88. The molecule has 1 aromatic rings. The maximum absolute atomic E-state index is 11.7. The molecule has 2 fully saturated rings. The highest BCUT2D eigenvalue weighted by Crippen LogP contribution is 2.26. The number of carbonyl (C=O) groups excluding carboxylic acids is 1. The molecular formula is C14H21N5O. The number of nitrogen functional groups attached to an aromatic ring is 1. The van der Waals surface area contributed by atoms with Gasteiger partial charge in [-0.25, -0.2) is 9.97 Å². The van der Waals surface area contributed by atoms with Crippen molar-refractivity contribution in [2.45, 2.75) is 38.6 Å². The molecule has 6 nitrogen and oxygen atoms in total. The Hall–Kier alpha value is -1.85. The van der Waals surface area contributed by atoms with Gasteiger partial charge in [-0.2, -0.15) is 0 Å². The summed E-state index contributed by atoms with van der Waals surface area (Å²) in [4.78, 5) is 24.8. The molecule has 2 saturated heterocycles. The van der Waals surface area contributed by atoms with Crippen LogP contribution in [0.5, 0.6) is 0 Å². The summed E-state index contributed by atoms with van der Waals surface area (Å²) in [5.74, 6) is 2.54. The zero-order chi connectivity index (χ0) is 14.1. The van der Waals surface area contributed by atoms with Gasteiger partial charge in [0, 0.05) is 44.6 Å². The number of nitrogens with two attached hydrogens (primary N) is 1. The van der Waals surface area contributed by atoms with Gasteiger partial charge in [0.05, 0.1) is 0 Å². The Morgan fingerprint density at radius 1 is 1.40 bits per heavy atom. The van der Waals surface area contributed by atoms with Crippen molar-refractivity contribution >= 4 is 17.5 Å². The first-order valence-electron chi connectivity index (χ1n) is 7.35. The van der Waals surface area contributed by atoms with Crippen molar-refractivity contribution in [2.75, 3.05) is 30.3 Å². The zero-order valence-electron chi connectivity index (χ0n) is 11.9. The lowest BCUT2D eigenvalue weighted by Gasteiger charge is -2.38. The molecule has 2 N–H and O–H groups in total. The van der Waals surface area contributed by atoms with E-state index in [1.165, 1.54) is 0 Å². The monoisotopic (exact) mass is 275 g/mol. The molecular weight excluding hydrogens is 254 g/mol. The van der Waals surface area contributed by atoms with E-state index in [1.807, 2.05) is 11.0 Å². The number of hydrogen-bond acceptors (Lipinski definition) is 5. The van der Waals surface area contributed by atoms with Crippen LogP contribution in [0.3, 0.4) is 0 Å². The first-order valence-corrected chi connectivity index (χ1v) is 7.35. The van der Waals surface area contributed by atoms with Crippen molar-refractivity contribution < 1.29 is 4.79 Å². The SMILES string of the molecule is CCCc1nc(N)cc(N2CCN3C(=O)CCC3C2)n1. The van der Waals surface area contributed by atoms with E-state index in [0.29, 0.717) is 24.2 Å². The second kappa shape index (κ2) is 5.26. The third kappa shape index (κ3) is 2.42. The van der Waals surface area contributed by atoms with Crippen molar-refractivity contribution in [3.8, 4) is 0 Å². The Labute approximate surface area is 119 Å². The van der Waals surface area contributed by atoms with Crippen LogP contribution in [0, 0.1) is 0 Å². The molecule has 0 aliphatic carbocycles. The molecule has 108 valence electrons. The van der Waals surface area contributed by atoms with Gasteiger partial charge >= 0.3 is 0 Å². The summed E-state index contributed by atoms with van der Waals surface area (Å²) in [6, 6.07) is 2.17. The van der Waals surface area contributed by atoms with Crippen LogP contribution in [0.15, 0.2) is 6.07 Å². The molecule has 2 aliphatic heterocycles. The number of rotatable bonds is 3. The van der Waals surface area contributed by atoms with E-state index in [2.05, 4.69) is 21.8 Å². The minimum atomic E-state index is 0.295. The lowest BCUT2D eigenvalue weighted by Crippen LogP contribution is -2.51. The van der Waals surface area contributed by atoms with Gasteiger partial charge in [0.2, 0.25) is 5.91 Å². The molecule has 1 atom stereocenters. The fourth-order valence-electron chi connectivity index (χ4n) is 3.07. The van der Waals surface area contributed by atoms with Crippen LogP contribution >= 0.6 is 0 Å². The van der Waals surface area contributed by atoms with Gasteiger partial charge in [-0.1, -0.05) is 6.92 Å². The first-order chi connectivity index (χ1) is 9.67. The minimum Gasteiger partial charge on any atom is -0.384 e. The quantitative estimate of drug-likeness (QED) is 0.884. The highest BCUT2D eigenvalue weighted by molar-refractivity contribution is 5.79. The number of nitrogens with zero attached hydrogens (tertiary/aromatic N) is 4. The van der Waals surface area contributed by atoms with Crippen LogP contribution in [0.4, 0.5) is 11.6 Å². The third-order valence-corrected chi connectivity index (χ3v) is 4.07. The minimum absolute atomic E-state index is 0.295. The number of aryl methyl sites for hydroxylation is 1. The molecule has 0 aromatic carbocycles. The highest BCUT2D eigenvalue weighted by atomic mass is 16.2. The van der Waals surface area contributed by atoms with E-state index in [0.717, 1.165) is 50.5 Å². The molecule has 0 radical (unpaired) electrons. The average molecular weight is 275 g/mol. The molecule has 1 amide bonds. The number of anilines is 2. The van der Waals surface area contributed by atoms with Gasteiger partial charge in [0.25, 0.3) is 0 Å². The molecule has 0 bridgehead atoms. The van der Waals surface area contributed by atoms with Crippen LogP contribution in [-0.2, 0) is 11.2 Å². The summed E-state index contributed by atoms with van der Waals surface area (Å²) in [5, 5.41) is 0. The van der Waals surface area contributed by atoms with Crippen molar-refractivity contribution in [1.82, 2.24) is 14.9 Å². The zero-order valence-corrected chi connectivity index (χ0v) is 11.9. The summed E-state index contributed by atoms with van der Waals surface area (Å²) in [7, 11) is 0. The van der Waals surface area contributed by atoms with Crippen LogP contribution in [-0.4, -0.2) is 46.5 Å². The fourth-order valence-corrected chi connectivity index (χ4v) is 3.07. The predicted molar refractivity (Wildman–Crippen MR) is 77.4 cm³/mol. The summed E-state index contributed by atoms with van der Waals surface area (Å²) in [6.45, 7) is 4.57. The summed E-state index contributed by atoms with van der Waals surface area (Å²) < 4.78 is 0. The predicted octanol–water partition coefficient (Wildman–Crippen LogP) is 0.822.